The summed E-state index contributed by atoms with van der Waals surface area (Å²) in [7, 11) is 0. The van der Waals surface area contributed by atoms with Crippen molar-refractivity contribution in [3.8, 4) is 0 Å². The van der Waals surface area contributed by atoms with E-state index < -0.39 is 0 Å². The van der Waals surface area contributed by atoms with Crippen LogP contribution in [0, 0.1) is 5.92 Å². The molecule has 100 valence electrons. The molecule has 0 N–H and O–H groups in total. The molecule has 0 radical (unpaired) electrons. The Morgan fingerprint density at radius 2 is 2.12 bits per heavy atom. The molecule has 2 atom stereocenters. The summed E-state index contributed by atoms with van der Waals surface area (Å²) in [5, 5.41) is 0. The molecule has 17 heavy (non-hydrogen) atoms. The van der Waals surface area contributed by atoms with Gasteiger partial charge in [0.05, 0.1) is 18.6 Å². The van der Waals surface area contributed by atoms with E-state index in [-0.39, 0.29) is 17.9 Å². The number of alkyl halides is 1. The summed E-state index contributed by atoms with van der Waals surface area (Å²) in [5.41, 5.74) is 0. The van der Waals surface area contributed by atoms with Crippen molar-refractivity contribution in [2.45, 2.75) is 52.2 Å². The molecular formula is C13H24ClNO2. The van der Waals surface area contributed by atoms with Gasteiger partial charge in [0.1, 0.15) is 0 Å². The van der Waals surface area contributed by atoms with E-state index in [4.69, 9.17) is 16.3 Å². The molecule has 0 aliphatic carbocycles. The lowest BCUT2D eigenvalue weighted by Crippen LogP contribution is -2.44. The van der Waals surface area contributed by atoms with Crippen LogP contribution in [-0.2, 0) is 9.53 Å². The van der Waals surface area contributed by atoms with Gasteiger partial charge in [-0.3, -0.25) is 4.79 Å². The highest BCUT2D eigenvalue weighted by molar-refractivity contribution is 6.18. The zero-order valence-corrected chi connectivity index (χ0v) is 11.9. The maximum absolute atomic E-state index is 12.4. The van der Waals surface area contributed by atoms with Crippen molar-refractivity contribution in [2.75, 3.05) is 19.0 Å². The second-order valence-corrected chi connectivity index (χ2v) is 5.15. The van der Waals surface area contributed by atoms with Crippen LogP contribution in [0.1, 0.15) is 40.0 Å². The predicted molar refractivity (Wildman–Crippen MR) is 70.3 cm³/mol. The van der Waals surface area contributed by atoms with Crippen LogP contribution in [0.25, 0.3) is 0 Å². The summed E-state index contributed by atoms with van der Waals surface area (Å²) >= 11 is 5.81. The lowest BCUT2D eigenvalue weighted by atomic mass is 10.0. The number of halogens is 1. The largest absolute Gasteiger partial charge is 0.378 e. The van der Waals surface area contributed by atoms with Gasteiger partial charge in [-0.05, 0) is 26.2 Å². The number of hydrogen-bond donors (Lipinski definition) is 0. The fourth-order valence-electron chi connectivity index (χ4n) is 2.52. The molecule has 1 aliphatic heterocycles. The highest BCUT2D eigenvalue weighted by Crippen LogP contribution is 2.23. The second-order valence-electron chi connectivity index (χ2n) is 4.77. The van der Waals surface area contributed by atoms with Gasteiger partial charge in [-0.25, -0.2) is 0 Å². The number of carbonyl (C=O) groups excluding carboxylic acids is 1. The van der Waals surface area contributed by atoms with E-state index in [9.17, 15) is 4.79 Å². The summed E-state index contributed by atoms with van der Waals surface area (Å²) < 4.78 is 5.48. The van der Waals surface area contributed by atoms with Crippen molar-refractivity contribution >= 4 is 17.5 Å². The van der Waals surface area contributed by atoms with Gasteiger partial charge >= 0.3 is 0 Å². The molecule has 2 unspecified atom stereocenters. The van der Waals surface area contributed by atoms with Gasteiger partial charge in [-0.15, -0.1) is 11.6 Å². The minimum absolute atomic E-state index is 0.0359. The second kappa shape index (κ2) is 7.22. The molecule has 3 nitrogen and oxygen atoms in total. The van der Waals surface area contributed by atoms with Crippen molar-refractivity contribution in [3.05, 3.63) is 0 Å². The number of hydrogen-bond acceptors (Lipinski definition) is 2. The van der Waals surface area contributed by atoms with E-state index >= 15 is 0 Å². The van der Waals surface area contributed by atoms with Crippen molar-refractivity contribution in [2.24, 2.45) is 5.92 Å². The topological polar surface area (TPSA) is 29.5 Å². The molecule has 4 heteroatoms. The Morgan fingerprint density at radius 1 is 1.47 bits per heavy atom. The van der Waals surface area contributed by atoms with Gasteiger partial charge in [0, 0.05) is 18.5 Å². The first-order chi connectivity index (χ1) is 8.13. The molecule has 0 spiro atoms. The van der Waals surface area contributed by atoms with Crippen LogP contribution < -0.4 is 0 Å². The Kier molecular flexibility index (Phi) is 6.28. The quantitative estimate of drug-likeness (QED) is 0.688. The first-order valence-electron chi connectivity index (χ1n) is 6.62. The molecule has 1 fully saturated rings. The molecule has 0 aromatic heterocycles. The molecule has 0 saturated carbocycles. The predicted octanol–water partition coefficient (Wildman–Crippen LogP) is 2.67. The fourth-order valence-corrected chi connectivity index (χ4v) is 2.70. The summed E-state index contributed by atoms with van der Waals surface area (Å²) in [5.74, 6) is 0.767. The molecule has 0 aromatic rings. The number of carbonyl (C=O) groups is 1. The monoisotopic (exact) mass is 261 g/mol. The van der Waals surface area contributed by atoms with E-state index in [2.05, 4.69) is 13.8 Å². The minimum Gasteiger partial charge on any atom is -0.378 e. The van der Waals surface area contributed by atoms with Gasteiger partial charge in [0.2, 0.25) is 5.91 Å². The van der Waals surface area contributed by atoms with E-state index in [0.717, 1.165) is 19.3 Å². The van der Waals surface area contributed by atoms with Crippen molar-refractivity contribution in [3.63, 3.8) is 0 Å². The van der Waals surface area contributed by atoms with Crippen LogP contribution >= 0.6 is 11.6 Å². The van der Waals surface area contributed by atoms with Crippen LogP contribution in [0.5, 0.6) is 0 Å². The molecule has 0 bridgehead atoms. The van der Waals surface area contributed by atoms with Crippen LogP contribution in [0.4, 0.5) is 0 Å². The highest BCUT2D eigenvalue weighted by Gasteiger charge is 2.33. The van der Waals surface area contributed by atoms with Gasteiger partial charge in [-0.2, -0.15) is 0 Å². The third-order valence-electron chi connectivity index (χ3n) is 3.54. The molecule has 0 aromatic carbocycles. The number of ether oxygens (including phenoxy) is 1. The maximum atomic E-state index is 12.4. The summed E-state index contributed by atoms with van der Waals surface area (Å²) in [6, 6.07) is 0.317. The van der Waals surface area contributed by atoms with Gasteiger partial charge in [0.15, 0.2) is 0 Å². The molecule has 1 heterocycles. The Balaban J connectivity index is 2.65. The standard InChI is InChI=1S/C13H24ClNO2/c1-4-12(5-2)15(7-6-14)13(16)11-8-10(3)17-9-11/h10-12H,4-9H2,1-3H3. The van der Waals surface area contributed by atoms with Gasteiger partial charge in [-0.1, -0.05) is 13.8 Å². The van der Waals surface area contributed by atoms with E-state index in [1.165, 1.54) is 0 Å². The zero-order valence-electron chi connectivity index (χ0n) is 11.1. The number of rotatable bonds is 6. The van der Waals surface area contributed by atoms with E-state index in [1.54, 1.807) is 0 Å². The third-order valence-corrected chi connectivity index (χ3v) is 3.71. The summed E-state index contributed by atoms with van der Waals surface area (Å²) in [6.45, 7) is 7.49. The Bertz CT molecular complexity index is 244. The lowest BCUT2D eigenvalue weighted by Gasteiger charge is -2.31. The van der Waals surface area contributed by atoms with Gasteiger partial charge in [0.25, 0.3) is 0 Å². The van der Waals surface area contributed by atoms with Crippen molar-refractivity contribution in [1.29, 1.82) is 0 Å². The zero-order chi connectivity index (χ0) is 12.8. The molecule has 1 amide bonds. The first kappa shape index (κ1) is 14.8. The molecule has 1 aliphatic rings. The normalized spacial score (nSPS) is 24.3. The number of nitrogens with zero attached hydrogens (tertiary/aromatic N) is 1. The first-order valence-corrected chi connectivity index (χ1v) is 7.15. The average molecular weight is 262 g/mol. The summed E-state index contributed by atoms with van der Waals surface area (Å²) in [6.07, 6.45) is 3.03. The average Bonchev–Trinajstić information content (AvgIpc) is 2.75. The Morgan fingerprint density at radius 3 is 2.53 bits per heavy atom. The van der Waals surface area contributed by atoms with Crippen molar-refractivity contribution in [1.82, 2.24) is 4.90 Å². The minimum atomic E-state index is 0.0359. The highest BCUT2D eigenvalue weighted by atomic mass is 35.5. The van der Waals surface area contributed by atoms with Crippen LogP contribution in [0.3, 0.4) is 0 Å². The van der Waals surface area contributed by atoms with E-state index in [0.29, 0.717) is 25.1 Å². The molecule has 1 rings (SSSR count). The SMILES string of the molecule is CCC(CC)N(CCCl)C(=O)C1COC(C)C1. The maximum Gasteiger partial charge on any atom is 0.228 e. The smallest absolute Gasteiger partial charge is 0.228 e. The van der Waals surface area contributed by atoms with E-state index in [1.807, 2.05) is 11.8 Å². The van der Waals surface area contributed by atoms with Gasteiger partial charge < -0.3 is 9.64 Å². The van der Waals surface area contributed by atoms with Crippen LogP contribution in [0.15, 0.2) is 0 Å². The number of amides is 1. The fraction of sp³-hybridized carbons (Fsp3) is 0.923. The lowest BCUT2D eigenvalue weighted by molar-refractivity contribution is -0.137. The molecular weight excluding hydrogens is 238 g/mol. The Labute approximate surface area is 109 Å². The third kappa shape index (κ3) is 3.85. The summed E-state index contributed by atoms with van der Waals surface area (Å²) in [4.78, 5) is 14.4. The molecule has 1 saturated heterocycles. The Hall–Kier alpha value is -0.280. The van der Waals surface area contributed by atoms with Crippen molar-refractivity contribution < 1.29 is 9.53 Å². The van der Waals surface area contributed by atoms with Crippen LogP contribution in [-0.4, -0.2) is 42.0 Å². The van der Waals surface area contributed by atoms with Crippen LogP contribution in [0.2, 0.25) is 0 Å².